The first-order valence-corrected chi connectivity index (χ1v) is 4.84. The minimum absolute atomic E-state index is 0.101. The van der Waals surface area contributed by atoms with Crippen molar-refractivity contribution in [3.05, 3.63) is 10.0 Å². The normalized spacial score (nSPS) is 9.62. The monoisotopic (exact) mass is 217 g/mol. The fraction of sp³-hybridized carbons (Fsp3) is 0.429. The van der Waals surface area contributed by atoms with E-state index >= 15 is 0 Å². The number of anilines is 1. The van der Waals surface area contributed by atoms with Crippen molar-refractivity contribution >= 4 is 28.1 Å². The van der Waals surface area contributed by atoms with Gasteiger partial charge in [0.2, 0.25) is 0 Å². The molecule has 0 amide bonds. The Morgan fingerprint density at radius 1 is 1.69 bits per heavy atom. The third-order valence-electron chi connectivity index (χ3n) is 1.31. The Labute approximate surface area is 84.8 Å². The molecule has 1 aromatic rings. The second-order valence-corrected chi connectivity index (χ2v) is 3.67. The van der Waals surface area contributed by atoms with Crippen LogP contribution in [0, 0.1) is 11.3 Å². The number of thiazole rings is 1. The summed E-state index contributed by atoms with van der Waals surface area (Å²) in [4.78, 5) is 4.60. The van der Waals surface area contributed by atoms with Crippen LogP contribution < -0.4 is 5.32 Å². The van der Waals surface area contributed by atoms with Gasteiger partial charge in [-0.25, -0.2) is 4.98 Å². The molecule has 0 radical (unpaired) electrons. The van der Waals surface area contributed by atoms with E-state index in [0.717, 1.165) is 0 Å². The summed E-state index contributed by atoms with van der Waals surface area (Å²) >= 11 is 6.99. The van der Waals surface area contributed by atoms with Crippen LogP contribution in [0.4, 0.5) is 5.13 Å². The highest BCUT2D eigenvalue weighted by atomic mass is 35.5. The average molecular weight is 218 g/mol. The standard InChI is InChI=1S/C7H8ClN3OS/c8-6-5(4-12)13-7(11-6)10-3-1-2-9/h12H,1,3-4H2,(H,10,11). The molecule has 0 aliphatic heterocycles. The van der Waals surface area contributed by atoms with Gasteiger partial charge in [0.1, 0.15) is 5.15 Å². The quantitative estimate of drug-likeness (QED) is 0.752. The van der Waals surface area contributed by atoms with Crippen LogP contribution in [0.1, 0.15) is 11.3 Å². The lowest BCUT2D eigenvalue weighted by Crippen LogP contribution is -1.98. The van der Waals surface area contributed by atoms with Gasteiger partial charge in [-0.3, -0.25) is 0 Å². The van der Waals surface area contributed by atoms with E-state index in [-0.39, 0.29) is 6.61 Å². The van der Waals surface area contributed by atoms with Crippen molar-refractivity contribution in [2.24, 2.45) is 0 Å². The predicted molar refractivity (Wildman–Crippen MR) is 51.8 cm³/mol. The molecule has 1 heterocycles. The van der Waals surface area contributed by atoms with Crippen LogP contribution in [0.15, 0.2) is 0 Å². The summed E-state index contributed by atoms with van der Waals surface area (Å²) in [6.45, 7) is 0.446. The van der Waals surface area contributed by atoms with E-state index in [1.165, 1.54) is 11.3 Å². The van der Waals surface area contributed by atoms with Gasteiger partial charge in [-0.15, -0.1) is 0 Å². The molecule has 6 heteroatoms. The van der Waals surface area contributed by atoms with Crippen molar-refractivity contribution in [3.63, 3.8) is 0 Å². The molecule has 1 rings (SSSR count). The van der Waals surface area contributed by atoms with Crippen LogP contribution in [-0.4, -0.2) is 16.6 Å². The van der Waals surface area contributed by atoms with Crippen LogP contribution in [0.25, 0.3) is 0 Å². The van der Waals surface area contributed by atoms with Crippen molar-refractivity contribution in [2.75, 3.05) is 11.9 Å². The zero-order valence-corrected chi connectivity index (χ0v) is 8.32. The second-order valence-electron chi connectivity index (χ2n) is 2.23. The molecule has 0 bridgehead atoms. The lowest BCUT2D eigenvalue weighted by Gasteiger charge is -1.95. The van der Waals surface area contributed by atoms with E-state index in [2.05, 4.69) is 10.3 Å². The Kier molecular flexibility index (Phi) is 3.96. The lowest BCUT2D eigenvalue weighted by atomic mass is 10.5. The summed E-state index contributed by atoms with van der Waals surface area (Å²) in [6, 6.07) is 2.01. The minimum Gasteiger partial charge on any atom is -0.391 e. The number of aromatic nitrogens is 1. The Hall–Kier alpha value is -0.830. The van der Waals surface area contributed by atoms with Gasteiger partial charge in [0, 0.05) is 6.54 Å². The molecule has 0 spiro atoms. The van der Waals surface area contributed by atoms with Gasteiger partial charge in [-0.2, -0.15) is 5.26 Å². The molecule has 0 saturated carbocycles. The van der Waals surface area contributed by atoms with Crippen molar-refractivity contribution < 1.29 is 5.11 Å². The molecule has 0 atom stereocenters. The first-order chi connectivity index (χ1) is 6.27. The molecular weight excluding hydrogens is 210 g/mol. The number of aliphatic hydroxyl groups is 1. The van der Waals surface area contributed by atoms with Gasteiger partial charge in [0.05, 0.1) is 24.0 Å². The summed E-state index contributed by atoms with van der Waals surface area (Å²) in [5.41, 5.74) is 0. The molecule has 0 fully saturated rings. The van der Waals surface area contributed by atoms with Crippen LogP contribution in [-0.2, 0) is 6.61 Å². The van der Waals surface area contributed by atoms with Crippen molar-refractivity contribution in [3.8, 4) is 6.07 Å². The molecule has 0 aromatic carbocycles. The topological polar surface area (TPSA) is 68.9 Å². The van der Waals surface area contributed by atoms with E-state index in [1.54, 1.807) is 0 Å². The Morgan fingerprint density at radius 3 is 3.00 bits per heavy atom. The van der Waals surface area contributed by atoms with E-state index in [9.17, 15) is 0 Å². The van der Waals surface area contributed by atoms with Gasteiger partial charge in [-0.05, 0) is 0 Å². The Balaban J connectivity index is 2.54. The SMILES string of the molecule is N#CCCNc1nc(Cl)c(CO)s1. The lowest BCUT2D eigenvalue weighted by molar-refractivity contribution is 0.285. The number of hydrogen-bond acceptors (Lipinski definition) is 5. The van der Waals surface area contributed by atoms with Crippen LogP contribution in [0.5, 0.6) is 0 Å². The summed E-state index contributed by atoms with van der Waals surface area (Å²) in [7, 11) is 0. The largest absolute Gasteiger partial charge is 0.391 e. The Bertz CT molecular complexity index is 320. The smallest absolute Gasteiger partial charge is 0.184 e. The maximum absolute atomic E-state index is 8.81. The number of rotatable bonds is 4. The number of halogens is 1. The molecule has 13 heavy (non-hydrogen) atoms. The summed E-state index contributed by atoms with van der Waals surface area (Å²) < 4.78 is 0. The predicted octanol–water partition coefficient (Wildman–Crippen LogP) is 1.61. The molecular formula is C7H8ClN3OS. The van der Waals surface area contributed by atoms with Gasteiger partial charge >= 0.3 is 0 Å². The third-order valence-corrected chi connectivity index (χ3v) is 2.73. The maximum Gasteiger partial charge on any atom is 0.184 e. The summed E-state index contributed by atoms with van der Waals surface area (Å²) in [6.07, 6.45) is 0.422. The second kappa shape index (κ2) is 5.02. The van der Waals surface area contributed by atoms with Crippen LogP contribution in [0.2, 0.25) is 5.15 Å². The number of nitrogens with one attached hydrogen (secondary N) is 1. The van der Waals surface area contributed by atoms with E-state index < -0.39 is 0 Å². The fourth-order valence-corrected chi connectivity index (χ4v) is 1.78. The van der Waals surface area contributed by atoms with Crippen molar-refractivity contribution in [1.82, 2.24) is 4.98 Å². The molecule has 0 aliphatic rings. The van der Waals surface area contributed by atoms with Gasteiger partial charge in [0.15, 0.2) is 5.13 Å². The first kappa shape index (κ1) is 10.3. The van der Waals surface area contributed by atoms with Gasteiger partial charge < -0.3 is 10.4 Å². The summed E-state index contributed by atoms with van der Waals surface area (Å²) in [5.74, 6) is 0. The maximum atomic E-state index is 8.81. The first-order valence-electron chi connectivity index (χ1n) is 3.64. The van der Waals surface area contributed by atoms with Gasteiger partial charge in [-0.1, -0.05) is 22.9 Å². The molecule has 2 N–H and O–H groups in total. The highest BCUT2D eigenvalue weighted by Gasteiger charge is 2.06. The average Bonchev–Trinajstić information content (AvgIpc) is 2.47. The zero-order chi connectivity index (χ0) is 9.68. The number of nitriles is 1. The summed E-state index contributed by atoms with van der Waals surface area (Å²) in [5, 5.41) is 21.0. The minimum atomic E-state index is -0.101. The molecule has 0 aliphatic carbocycles. The molecule has 70 valence electrons. The van der Waals surface area contributed by atoms with E-state index in [1.807, 2.05) is 6.07 Å². The zero-order valence-electron chi connectivity index (χ0n) is 6.75. The van der Waals surface area contributed by atoms with Crippen LogP contribution in [0.3, 0.4) is 0 Å². The van der Waals surface area contributed by atoms with Crippen molar-refractivity contribution in [2.45, 2.75) is 13.0 Å². The van der Waals surface area contributed by atoms with Gasteiger partial charge in [0.25, 0.3) is 0 Å². The number of nitrogens with zero attached hydrogens (tertiary/aromatic N) is 2. The Morgan fingerprint density at radius 2 is 2.46 bits per heavy atom. The van der Waals surface area contributed by atoms with E-state index in [0.29, 0.717) is 28.1 Å². The molecule has 4 nitrogen and oxygen atoms in total. The highest BCUT2D eigenvalue weighted by molar-refractivity contribution is 7.16. The number of hydrogen-bond donors (Lipinski definition) is 2. The highest BCUT2D eigenvalue weighted by Crippen LogP contribution is 2.26. The fourth-order valence-electron chi connectivity index (χ4n) is 0.732. The number of aliphatic hydroxyl groups excluding tert-OH is 1. The molecule has 0 unspecified atom stereocenters. The van der Waals surface area contributed by atoms with Crippen LogP contribution >= 0.6 is 22.9 Å². The van der Waals surface area contributed by atoms with E-state index in [4.69, 9.17) is 22.0 Å². The van der Waals surface area contributed by atoms with Crippen molar-refractivity contribution in [1.29, 1.82) is 5.26 Å². The molecule has 0 saturated heterocycles. The molecule has 1 aromatic heterocycles. The third kappa shape index (κ3) is 2.84.